The zero-order chi connectivity index (χ0) is 20.7. The molecule has 3 aromatic rings. The van der Waals surface area contributed by atoms with Crippen LogP contribution in [-0.2, 0) is 4.79 Å². The monoisotopic (exact) mass is 415 g/mol. The van der Waals surface area contributed by atoms with Crippen LogP contribution in [0.1, 0.15) is 35.2 Å². The van der Waals surface area contributed by atoms with E-state index >= 15 is 0 Å². The molecular formula is C25H25N3OS. The minimum Gasteiger partial charge on any atom is -0.378 e. The molecule has 5 heteroatoms. The van der Waals surface area contributed by atoms with E-state index in [4.69, 9.17) is 0 Å². The third kappa shape index (κ3) is 3.39. The van der Waals surface area contributed by atoms with Gasteiger partial charge in [0.25, 0.3) is 0 Å². The Morgan fingerprint density at radius 3 is 2.40 bits per heavy atom. The summed E-state index contributed by atoms with van der Waals surface area (Å²) in [7, 11) is 4.08. The number of rotatable bonds is 3. The van der Waals surface area contributed by atoms with E-state index < -0.39 is 0 Å². The van der Waals surface area contributed by atoms with Gasteiger partial charge in [0.05, 0.1) is 17.4 Å². The van der Waals surface area contributed by atoms with Crippen molar-refractivity contribution in [3.63, 3.8) is 0 Å². The Labute approximate surface area is 181 Å². The lowest BCUT2D eigenvalue weighted by molar-refractivity contribution is -0.116. The first kappa shape index (κ1) is 18.9. The number of carbonyl (C=O) groups is 1. The highest BCUT2D eigenvalue weighted by Crippen LogP contribution is 2.45. The van der Waals surface area contributed by atoms with Gasteiger partial charge in [0.15, 0.2) is 5.78 Å². The standard InChI is InChI=1S/C25H25N3OS/c1-28(2)18-11-9-16(10-12-18)17-14-21-24(22(29)15-17)25(23-8-5-13-30-23)27-20-7-4-3-6-19(20)26-21/h3-13,17,25-27H,14-15H2,1-2H3/t17-,25-/m1/s1. The molecule has 2 N–H and O–H groups in total. The molecule has 2 aromatic carbocycles. The van der Waals surface area contributed by atoms with Crippen LogP contribution >= 0.6 is 11.3 Å². The highest BCUT2D eigenvalue weighted by atomic mass is 32.1. The quantitative estimate of drug-likeness (QED) is 0.568. The Hall–Kier alpha value is -3.05. The number of Topliss-reactive ketones (excluding diaryl/α,β-unsaturated/α-hetero) is 1. The molecule has 2 aliphatic rings. The van der Waals surface area contributed by atoms with E-state index in [1.165, 1.54) is 16.1 Å². The third-order valence-corrected chi connectivity index (χ3v) is 6.95. The van der Waals surface area contributed by atoms with Crippen LogP contribution in [0.3, 0.4) is 0 Å². The van der Waals surface area contributed by atoms with E-state index in [9.17, 15) is 4.79 Å². The predicted molar refractivity (Wildman–Crippen MR) is 126 cm³/mol. The molecule has 0 amide bonds. The van der Waals surface area contributed by atoms with Crippen LogP contribution in [0.5, 0.6) is 0 Å². The smallest absolute Gasteiger partial charge is 0.163 e. The van der Waals surface area contributed by atoms with Crippen LogP contribution in [0.4, 0.5) is 17.1 Å². The van der Waals surface area contributed by atoms with Gasteiger partial charge in [0.1, 0.15) is 0 Å². The van der Waals surface area contributed by atoms with E-state index in [-0.39, 0.29) is 17.7 Å². The summed E-state index contributed by atoms with van der Waals surface area (Å²) in [5.74, 6) is 0.415. The fourth-order valence-electron chi connectivity index (χ4n) is 4.44. The lowest BCUT2D eigenvalue weighted by Crippen LogP contribution is -2.26. The summed E-state index contributed by atoms with van der Waals surface area (Å²) in [4.78, 5) is 16.7. The topological polar surface area (TPSA) is 44.4 Å². The van der Waals surface area contributed by atoms with Gasteiger partial charge >= 0.3 is 0 Å². The molecule has 2 atom stereocenters. The first-order valence-corrected chi connectivity index (χ1v) is 11.2. The van der Waals surface area contributed by atoms with Crippen molar-refractivity contribution in [1.29, 1.82) is 0 Å². The summed E-state index contributed by atoms with van der Waals surface area (Å²) in [6.45, 7) is 0. The van der Waals surface area contributed by atoms with Crippen LogP contribution in [0, 0.1) is 0 Å². The molecule has 5 rings (SSSR count). The lowest BCUT2D eigenvalue weighted by atomic mass is 9.79. The number of thiophene rings is 1. The van der Waals surface area contributed by atoms with Gasteiger partial charge < -0.3 is 15.5 Å². The highest BCUT2D eigenvalue weighted by Gasteiger charge is 2.36. The van der Waals surface area contributed by atoms with Gasteiger partial charge in [-0.15, -0.1) is 11.3 Å². The highest BCUT2D eigenvalue weighted by molar-refractivity contribution is 7.10. The number of allylic oxidation sites excluding steroid dienone is 1. The molecule has 1 aliphatic carbocycles. The molecule has 30 heavy (non-hydrogen) atoms. The van der Waals surface area contributed by atoms with Gasteiger partial charge in [0, 0.05) is 42.4 Å². The molecule has 1 aliphatic heterocycles. The number of ketones is 1. The molecule has 0 radical (unpaired) electrons. The third-order valence-electron chi connectivity index (χ3n) is 6.02. The molecule has 0 bridgehead atoms. The van der Waals surface area contributed by atoms with Crippen LogP contribution in [-0.4, -0.2) is 19.9 Å². The molecular weight excluding hydrogens is 390 g/mol. The molecule has 152 valence electrons. The summed E-state index contributed by atoms with van der Waals surface area (Å²) in [5, 5.41) is 9.31. The summed E-state index contributed by atoms with van der Waals surface area (Å²) in [5.41, 5.74) is 6.38. The molecule has 0 saturated carbocycles. The number of fused-ring (bicyclic) bond motifs is 1. The van der Waals surface area contributed by atoms with Gasteiger partial charge in [0.2, 0.25) is 0 Å². The van der Waals surface area contributed by atoms with Crippen molar-refractivity contribution in [3.8, 4) is 0 Å². The normalized spacial score (nSPS) is 20.5. The molecule has 4 nitrogen and oxygen atoms in total. The van der Waals surface area contributed by atoms with E-state index in [0.29, 0.717) is 6.42 Å². The van der Waals surface area contributed by atoms with E-state index in [1.54, 1.807) is 11.3 Å². The summed E-state index contributed by atoms with van der Waals surface area (Å²) >= 11 is 1.69. The number of nitrogens with zero attached hydrogens (tertiary/aromatic N) is 1. The van der Waals surface area contributed by atoms with Crippen molar-refractivity contribution >= 4 is 34.2 Å². The maximum Gasteiger partial charge on any atom is 0.163 e. The van der Waals surface area contributed by atoms with Gasteiger partial charge in [-0.2, -0.15) is 0 Å². The number of para-hydroxylation sites is 2. The number of hydrogen-bond donors (Lipinski definition) is 2. The Bertz CT molecular complexity index is 1100. The number of nitrogens with one attached hydrogen (secondary N) is 2. The van der Waals surface area contributed by atoms with Crippen molar-refractivity contribution in [3.05, 3.63) is 87.8 Å². The van der Waals surface area contributed by atoms with E-state index in [2.05, 4.69) is 69.4 Å². The zero-order valence-corrected chi connectivity index (χ0v) is 18.0. The number of anilines is 3. The van der Waals surface area contributed by atoms with Crippen LogP contribution in [0.25, 0.3) is 0 Å². The maximum atomic E-state index is 13.5. The average molecular weight is 416 g/mol. The molecule has 0 fully saturated rings. The van der Waals surface area contributed by atoms with E-state index in [0.717, 1.165) is 29.1 Å². The van der Waals surface area contributed by atoms with E-state index in [1.807, 2.05) is 26.2 Å². The SMILES string of the molecule is CN(C)c1ccc([C@H]2CC(=O)C3=C(C2)Nc2ccccc2N[C@@H]3c2cccs2)cc1. The van der Waals surface area contributed by atoms with Crippen LogP contribution in [0.15, 0.2) is 77.3 Å². The van der Waals surface area contributed by atoms with Gasteiger partial charge in [-0.3, -0.25) is 4.79 Å². The minimum absolute atomic E-state index is 0.110. The summed E-state index contributed by atoms with van der Waals surface area (Å²) in [6.07, 6.45) is 1.38. The van der Waals surface area contributed by atoms with Crippen molar-refractivity contribution in [2.24, 2.45) is 0 Å². The second-order valence-corrected chi connectivity index (χ2v) is 9.15. The molecule has 1 aromatic heterocycles. The molecule has 0 unspecified atom stereocenters. The second-order valence-electron chi connectivity index (χ2n) is 8.17. The Morgan fingerprint density at radius 1 is 0.933 bits per heavy atom. The summed E-state index contributed by atoms with van der Waals surface area (Å²) < 4.78 is 0. The van der Waals surface area contributed by atoms with Crippen molar-refractivity contribution < 1.29 is 4.79 Å². The molecule has 0 spiro atoms. The molecule has 0 saturated heterocycles. The number of hydrogen-bond acceptors (Lipinski definition) is 5. The van der Waals surface area contributed by atoms with Crippen molar-refractivity contribution in [1.82, 2.24) is 0 Å². The van der Waals surface area contributed by atoms with Crippen molar-refractivity contribution in [2.45, 2.75) is 24.8 Å². The van der Waals surface area contributed by atoms with Crippen LogP contribution in [0.2, 0.25) is 0 Å². The predicted octanol–water partition coefficient (Wildman–Crippen LogP) is 5.79. The van der Waals surface area contributed by atoms with Gasteiger partial charge in [-0.1, -0.05) is 30.3 Å². The van der Waals surface area contributed by atoms with Gasteiger partial charge in [-0.05, 0) is 53.6 Å². The lowest BCUT2D eigenvalue weighted by Gasteiger charge is -2.29. The largest absolute Gasteiger partial charge is 0.378 e. The Balaban J connectivity index is 1.54. The maximum absolute atomic E-state index is 13.5. The van der Waals surface area contributed by atoms with Gasteiger partial charge in [-0.25, -0.2) is 0 Å². The number of carbonyl (C=O) groups excluding carboxylic acids is 1. The average Bonchev–Trinajstić information content (AvgIpc) is 3.22. The molecule has 2 heterocycles. The number of benzene rings is 2. The van der Waals surface area contributed by atoms with Crippen molar-refractivity contribution in [2.75, 3.05) is 29.6 Å². The Morgan fingerprint density at radius 2 is 1.70 bits per heavy atom. The fourth-order valence-corrected chi connectivity index (χ4v) is 5.23. The summed E-state index contributed by atoms with van der Waals surface area (Å²) in [6, 6.07) is 20.9. The Kier molecular flexibility index (Phi) is 4.83. The first-order valence-electron chi connectivity index (χ1n) is 10.3. The van der Waals surface area contributed by atoms with Crippen LogP contribution < -0.4 is 15.5 Å². The minimum atomic E-state index is -0.110. The zero-order valence-electron chi connectivity index (χ0n) is 17.2. The second kappa shape index (κ2) is 7.65. The first-order chi connectivity index (χ1) is 14.6. The fraction of sp³-hybridized carbons (Fsp3) is 0.240.